The molecule has 1 aliphatic rings. The quantitative estimate of drug-likeness (QED) is 0.787. The normalized spacial score (nSPS) is 16.9. The minimum absolute atomic E-state index is 0.130. The first-order valence-electron chi connectivity index (χ1n) is 7.23. The number of hydrogen-bond donors (Lipinski definition) is 2. The van der Waals surface area contributed by atoms with Crippen LogP contribution in [0.5, 0.6) is 0 Å². The summed E-state index contributed by atoms with van der Waals surface area (Å²) >= 11 is 12.4. The van der Waals surface area contributed by atoms with Crippen LogP contribution in [0.2, 0.25) is 10.0 Å². The highest BCUT2D eigenvalue weighted by atomic mass is 35.5. The number of ether oxygens (including phenoxy) is 1. The van der Waals surface area contributed by atoms with Gasteiger partial charge < -0.3 is 15.4 Å². The van der Waals surface area contributed by atoms with Crippen LogP contribution in [-0.4, -0.2) is 19.0 Å². The Morgan fingerprint density at radius 3 is 2.60 bits per heavy atom. The minimum atomic E-state index is -0.827. The largest absolute Gasteiger partial charge is 0.466 e. The molecule has 8 heteroatoms. The summed E-state index contributed by atoms with van der Waals surface area (Å²) in [6.45, 7) is 2.97. The lowest BCUT2D eigenvalue weighted by Gasteiger charge is -2.29. The van der Waals surface area contributed by atoms with Crippen LogP contribution in [-0.2, 0) is 14.3 Å². The molecule has 0 spiro atoms. The number of nitrogens with one attached hydrogen (secondary N) is 2. The Bertz CT molecular complexity index is 853. The summed E-state index contributed by atoms with van der Waals surface area (Å²) in [5.41, 5.74) is 1.26. The lowest BCUT2D eigenvalue weighted by atomic mass is 9.82. The molecule has 0 fully saturated rings. The molecule has 0 saturated carbocycles. The summed E-state index contributed by atoms with van der Waals surface area (Å²) in [5, 5.41) is 15.6. The number of nitriles is 1. The number of rotatable bonds is 3. The van der Waals surface area contributed by atoms with Crippen molar-refractivity contribution in [2.45, 2.75) is 19.8 Å². The predicted octanol–water partition coefficient (Wildman–Crippen LogP) is 3.00. The van der Waals surface area contributed by atoms with Crippen LogP contribution < -0.4 is 10.6 Å². The average Bonchev–Trinajstić information content (AvgIpc) is 2.55. The standard InChI is InChI=1S/C17H15Cl2N3O3/c1-8-13(17(24)25-3)14(10-5-4-6-12(18)15(10)19)11(7-20)16(21-8)22-9(2)23/h4-6,14,21H,1-3H3,(H,22,23). The fraction of sp³-hybridized carbons (Fsp3) is 0.235. The van der Waals surface area contributed by atoms with Crippen molar-refractivity contribution < 1.29 is 14.3 Å². The molecule has 25 heavy (non-hydrogen) atoms. The Hall–Kier alpha value is -2.49. The smallest absolute Gasteiger partial charge is 0.336 e. The third-order valence-corrected chi connectivity index (χ3v) is 4.52. The van der Waals surface area contributed by atoms with Gasteiger partial charge in [-0.15, -0.1) is 0 Å². The van der Waals surface area contributed by atoms with Crippen molar-refractivity contribution in [3.05, 3.63) is 56.5 Å². The first kappa shape index (κ1) is 18.8. The topological polar surface area (TPSA) is 91.2 Å². The van der Waals surface area contributed by atoms with Gasteiger partial charge in [0.25, 0.3) is 0 Å². The van der Waals surface area contributed by atoms with Gasteiger partial charge in [-0.05, 0) is 18.6 Å². The van der Waals surface area contributed by atoms with Gasteiger partial charge in [0, 0.05) is 12.6 Å². The highest BCUT2D eigenvalue weighted by Gasteiger charge is 2.36. The Kier molecular flexibility index (Phi) is 5.73. The second-order valence-corrected chi connectivity index (χ2v) is 6.10. The summed E-state index contributed by atoms with van der Waals surface area (Å²) in [6, 6.07) is 6.99. The predicted molar refractivity (Wildman–Crippen MR) is 93.5 cm³/mol. The van der Waals surface area contributed by atoms with Gasteiger partial charge in [-0.3, -0.25) is 4.79 Å². The van der Waals surface area contributed by atoms with E-state index in [9.17, 15) is 14.9 Å². The third kappa shape index (κ3) is 3.63. The molecule has 0 bridgehead atoms. The summed E-state index contributed by atoms with van der Waals surface area (Å²) < 4.78 is 4.86. The van der Waals surface area contributed by atoms with E-state index in [0.29, 0.717) is 11.3 Å². The molecule has 130 valence electrons. The zero-order chi connectivity index (χ0) is 18.7. The van der Waals surface area contributed by atoms with E-state index in [2.05, 4.69) is 10.6 Å². The molecule has 1 aliphatic heterocycles. The highest BCUT2D eigenvalue weighted by molar-refractivity contribution is 6.42. The molecule has 1 unspecified atom stereocenters. The third-order valence-electron chi connectivity index (χ3n) is 3.68. The number of methoxy groups -OCH3 is 1. The minimum Gasteiger partial charge on any atom is -0.466 e. The van der Waals surface area contributed by atoms with Gasteiger partial charge in [-0.1, -0.05) is 35.3 Å². The fourth-order valence-electron chi connectivity index (χ4n) is 2.66. The molecule has 1 heterocycles. The Morgan fingerprint density at radius 1 is 1.36 bits per heavy atom. The second kappa shape index (κ2) is 7.60. The Morgan fingerprint density at radius 2 is 2.04 bits per heavy atom. The van der Waals surface area contributed by atoms with E-state index in [4.69, 9.17) is 27.9 Å². The van der Waals surface area contributed by atoms with Gasteiger partial charge in [0.15, 0.2) is 0 Å². The monoisotopic (exact) mass is 379 g/mol. The van der Waals surface area contributed by atoms with Crippen molar-refractivity contribution >= 4 is 35.1 Å². The van der Waals surface area contributed by atoms with Gasteiger partial charge in [-0.2, -0.15) is 5.26 Å². The van der Waals surface area contributed by atoms with Crippen molar-refractivity contribution in [2.75, 3.05) is 7.11 Å². The summed E-state index contributed by atoms with van der Waals surface area (Å²) in [7, 11) is 1.25. The molecule has 2 N–H and O–H groups in total. The van der Waals surface area contributed by atoms with Crippen molar-refractivity contribution in [1.29, 1.82) is 5.26 Å². The SMILES string of the molecule is COC(=O)C1=C(C)NC(NC(C)=O)=C(C#N)C1c1cccc(Cl)c1Cl. The number of benzene rings is 1. The zero-order valence-electron chi connectivity index (χ0n) is 13.7. The van der Waals surface area contributed by atoms with Crippen LogP contribution in [0, 0.1) is 11.3 Å². The molecular formula is C17H15Cl2N3O3. The molecule has 0 saturated heterocycles. The summed E-state index contributed by atoms with van der Waals surface area (Å²) in [6.07, 6.45) is 0. The van der Waals surface area contributed by atoms with E-state index in [0.717, 1.165) is 0 Å². The van der Waals surface area contributed by atoms with Gasteiger partial charge in [0.05, 0.1) is 40.3 Å². The molecule has 1 aromatic rings. The van der Waals surface area contributed by atoms with Crippen LogP contribution in [0.15, 0.2) is 40.9 Å². The first-order chi connectivity index (χ1) is 11.8. The maximum Gasteiger partial charge on any atom is 0.336 e. The van der Waals surface area contributed by atoms with Crippen LogP contribution in [0.25, 0.3) is 0 Å². The first-order valence-corrected chi connectivity index (χ1v) is 7.99. The number of hydrogen-bond acceptors (Lipinski definition) is 5. The molecule has 0 radical (unpaired) electrons. The lowest BCUT2D eigenvalue weighted by molar-refractivity contribution is -0.136. The molecule has 2 rings (SSSR count). The number of dihydropyridines is 1. The number of halogens is 2. The van der Waals surface area contributed by atoms with E-state index >= 15 is 0 Å². The van der Waals surface area contributed by atoms with E-state index in [-0.39, 0.29) is 32.9 Å². The molecule has 0 aliphatic carbocycles. The number of nitrogens with zero attached hydrogens (tertiary/aromatic N) is 1. The molecule has 6 nitrogen and oxygen atoms in total. The van der Waals surface area contributed by atoms with Crippen LogP contribution >= 0.6 is 23.2 Å². The fourth-order valence-corrected chi connectivity index (χ4v) is 3.07. The van der Waals surface area contributed by atoms with Crippen LogP contribution in [0.1, 0.15) is 25.3 Å². The second-order valence-electron chi connectivity index (χ2n) is 5.31. The highest BCUT2D eigenvalue weighted by Crippen LogP contribution is 2.42. The van der Waals surface area contributed by atoms with Crippen molar-refractivity contribution in [3.8, 4) is 6.07 Å². The van der Waals surface area contributed by atoms with E-state index in [1.54, 1.807) is 25.1 Å². The van der Waals surface area contributed by atoms with Gasteiger partial charge in [0.1, 0.15) is 5.82 Å². The summed E-state index contributed by atoms with van der Waals surface area (Å²) in [4.78, 5) is 23.8. The van der Waals surface area contributed by atoms with Gasteiger partial charge in [-0.25, -0.2) is 4.79 Å². The van der Waals surface area contributed by atoms with Crippen LogP contribution in [0.4, 0.5) is 0 Å². The number of amides is 1. The zero-order valence-corrected chi connectivity index (χ0v) is 15.2. The van der Waals surface area contributed by atoms with Crippen molar-refractivity contribution in [2.24, 2.45) is 0 Å². The molecular weight excluding hydrogens is 365 g/mol. The number of esters is 1. The molecule has 1 atom stereocenters. The van der Waals surface area contributed by atoms with E-state index in [1.165, 1.54) is 14.0 Å². The number of allylic oxidation sites excluding steroid dienone is 2. The van der Waals surface area contributed by atoms with Crippen molar-refractivity contribution in [3.63, 3.8) is 0 Å². The van der Waals surface area contributed by atoms with Crippen LogP contribution in [0.3, 0.4) is 0 Å². The Balaban J connectivity index is 2.76. The van der Waals surface area contributed by atoms with Gasteiger partial charge in [0.2, 0.25) is 5.91 Å². The van der Waals surface area contributed by atoms with E-state index < -0.39 is 11.9 Å². The summed E-state index contributed by atoms with van der Waals surface area (Å²) in [5.74, 6) is -1.60. The number of carbonyl (C=O) groups is 2. The molecule has 1 aromatic carbocycles. The van der Waals surface area contributed by atoms with E-state index in [1.807, 2.05) is 6.07 Å². The maximum absolute atomic E-state index is 12.3. The molecule has 0 aromatic heterocycles. The maximum atomic E-state index is 12.3. The molecule has 1 amide bonds. The van der Waals surface area contributed by atoms with Crippen molar-refractivity contribution in [1.82, 2.24) is 10.6 Å². The Labute approximate surface area is 155 Å². The number of carbonyl (C=O) groups excluding carboxylic acids is 2. The lowest BCUT2D eigenvalue weighted by Crippen LogP contribution is -2.37. The average molecular weight is 380 g/mol. The van der Waals surface area contributed by atoms with Gasteiger partial charge >= 0.3 is 5.97 Å².